The normalized spacial score (nSPS) is 11.3. The van der Waals surface area contributed by atoms with E-state index in [4.69, 9.17) is 10.5 Å². The fourth-order valence-corrected chi connectivity index (χ4v) is 2.02. The van der Waals surface area contributed by atoms with Crippen LogP contribution in [0.1, 0.15) is 16.2 Å². The fourth-order valence-electron chi connectivity index (χ4n) is 2.02. The molecule has 3 N–H and O–H groups in total. The van der Waals surface area contributed by atoms with Gasteiger partial charge in [-0.3, -0.25) is 4.79 Å². The number of anilines is 1. The Balaban J connectivity index is 2.16. The van der Waals surface area contributed by atoms with Gasteiger partial charge in [0.15, 0.2) is 0 Å². The minimum Gasteiger partial charge on any atom is -0.495 e. The van der Waals surface area contributed by atoms with Crippen LogP contribution < -0.4 is 15.8 Å². The van der Waals surface area contributed by atoms with Gasteiger partial charge in [0.25, 0.3) is 0 Å². The number of carbonyl (C=O) groups excluding carboxylic acids is 1. The van der Waals surface area contributed by atoms with Gasteiger partial charge in [-0.2, -0.15) is 13.2 Å². The number of methoxy groups -OCH3 is 1. The first-order valence-electron chi connectivity index (χ1n) is 6.58. The average Bonchev–Trinajstić information content (AvgIpc) is 2.89. The van der Waals surface area contributed by atoms with E-state index in [2.05, 4.69) is 10.3 Å². The van der Waals surface area contributed by atoms with Gasteiger partial charge in [-0.25, -0.2) is 4.98 Å². The van der Waals surface area contributed by atoms with Crippen LogP contribution in [0.15, 0.2) is 30.6 Å². The number of hydrogen-bond acceptors (Lipinski definition) is 4. The van der Waals surface area contributed by atoms with Crippen LogP contribution in [0.5, 0.6) is 5.75 Å². The molecule has 124 valence electrons. The summed E-state index contributed by atoms with van der Waals surface area (Å²) in [5.74, 6) is 0.0204. The van der Waals surface area contributed by atoms with Crippen molar-refractivity contribution in [2.24, 2.45) is 5.73 Å². The van der Waals surface area contributed by atoms with Crippen LogP contribution in [-0.2, 0) is 13.1 Å². The Bertz CT molecular complexity index is 698. The molecule has 0 bridgehead atoms. The SMILES string of the molecule is COc1ccc(C(N)=O)cc1NCc1nccn1CC(F)(F)F. The molecule has 1 amide bonds. The predicted molar refractivity (Wildman–Crippen MR) is 77.1 cm³/mol. The third kappa shape index (κ3) is 4.38. The number of amides is 1. The van der Waals surface area contributed by atoms with E-state index in [1.165, 1.54) is 31.6 Å². The molecule has 23 heavy (non-hydrogen) atoms. The average molecular weight is 328 g/mol. The highest BCUT2D eigenvalue weighted by Crippen LogP contribution is 2.26. The van der Waals surface area contributed by atoms with Gasteiger partial charge in [0.1, 0.15) is 18.1 Å². The van der Waals surface area contributed by atoms with Crippen LogP contribution in [0.2, 0.25) is 0 Å². The van der Waals surface area contributed by atoms with Crippen molar-refractivity contribution < 1.29 is 22.7 Å². The molecule has 0 atom stereocenters. The lowest BCUT2D eigenvalue weighted by Gasteiger charge is -2.14. The Morgan fingerprint density at radius 2 is 2.17 bits per heavy atom. The summed E-state index contributed by atoms with van der Waals surface area (Å²) in [6, 6.07) is 4.51. The highest BCUT2D eigenvalue weighted by atomic mass is 19.4. The fraction of sp³-hybridized carbons (Fsp3) is 0.286. The number of nitrogens with two attached hydrogens (primary N) is 1. The smallest absolute Gasteiger partial charge is 0.406 e. The summed E-state index contributed by atoms with van der Waals surface area (Å²) in [7, 11) is 1.44. The molecule has 0 saturated heterocycles. The molecule has 0 fully saturated rings. The molecule has 1 aromatic carbocycles. The molecule has 2 rings (SSSR count). The van der Waals surface area contributed by atoms with Crippen LogP contribution in [0.4, 0.5) is 18.9 Å². The summed E-state index contributed by atoms with van der Waals surface area (Å²) >= 11 is 0. The topological polar surface area (TPSA) is 82.2 Å². The summed E-state index contributed by atoms with van der Waals surface area (Å²) in [4.78, 5) is 15.1. The monoisotopic (exact) mass is 328 g/mol. The lowest BCUT2D eigenvalue weighted by atomic mass is 10.1. The van der Waals surface area contributed by atoms with E-state index in [0.29, 0.717) is 11.4 Å². The molecule has 0 unspecified atom stereocenters. The van der Waals surface area contributed by atoms with Crippen LogP contribution in [0.3, 0.4) is 0 Å². The molecule has 0 radical (unpaired) electrons. The molecule has 2 aromatic rings. The van der Waals surface area contributed by atoms with E-state index in [9.17, 15) is 18.0 Å². The van der Waals surface area contributed by atoms with E-state index in [0.717, 1.165) is 4.57 Å². The van der Waals surface area contributed by atoms with Crippen molar-refractivity contribution in [1.29, 1.82) is 0 Å². The van der Waals surface area contributed by atoms with Crippen LogP contribution in [0, 0.1) is 0 Å². The Labute approximate surface area is 130 Å². The maximum Gasteiger partial charge on any atom is 0.406 e. The molecule has 1 heterocycles. The first kappa shape index (κ1) is 16.7. The maximum absolute atomic E-state index is 12.5. The van der Waals surface area contributed by atoms with E-state index in [-0.39, 0.29) is 17.9 Å². The van der Waals surface area contributed by atoms with E-state index in [1.807, 2.05) is 0 Å². The number of alkyl halides is 3. The van der Waals surface area contributed by atoms with Gasteiger partial charge in [-0.05, 0) is 18.2 Å². The van der Waals surface area contributed by atoms with Gasteiger partial charge in [-0.1, -0.05) is 0 Å². The number of halogens is 3. The number of carbonyl (C=O) groups is 1. The van der Waals surface area contributed by atoms with Crippen molar-refractivity contribution in [2.45, 2.75) is 19.3 Å². The van der Waals surface area contributed by atoms with Crippen LogP contribution in [-0.4, -0.2) is 28.7 Å². The third-order valence-electron chi connectivity index (χ3n) is 3.07. The predicted octanol–water partition coefficient (Wildman–Crippen LogP) is 2.17. The largest absolute Gasteiger partial charge is 0.495 e. The highest BCUT2D eigenvalue weighted by molar-refractivity contribution is 5.94. The number of nitrogens with zero attached hydrogens (tertiary/aromatic N) is 2. The zero-order valence-corrected chi connectivity index (χ0v) is 12.2. The zero-order chi connectivity index (χ0) is 17.0. The van der Waals surface area contributed by atoms with Crippen molar-refractivity contribution in [3.05, 3.63) is 42.0 Å². The van der Waals surface area contributed by atoms with Crippen molar-refractivity contribution in [1.82, 2.24) is 9.55 Å². The Kier molecular flexibility index (Phi) is 4.77. The second-order valence-electron chi connectivity index (χ2n) is 4.72. The van der Waals surface area contributed by atoms with E-state index >= 15 is 0 Å². The molecule has 0 aliphatic heterocycles. The number of primary amides is 1. The van der Waals surface area contributed by atoms with Gasteiger partial charge in [0, 0.05) is 18.0 Å². The standard InChI is InChI=1S/C14H15F3N4O2/c1-23-11-3-2-9(13(18)22)6-10(11)20-7-12-19-4-5-21(12)8-14(15,16)17/h2-6,20H,7-8H2,1H3,(H2,18,22). The molecular weight excluding hydrogens is 313 g/mol. The van der Waals surface area contributed by atoms with Crippen molar-refractivity contribution in [3.8, 4) is 5.75 Å². The number of imidazole rings is 1. The number of hydrogen-bond donors (Lipinski definition) is 2. The molecule has 0 aliphatic carbocycles. The molecule has 0 saturated carbocycles. The lowest BCUT2D eigenvalue weighted by Crippen LogP contribution is -2.20. The minimum atomic E-state index is -4.33. The third-order valence-corrected chi connectivity index (χ3v) is 3.07. The van der Waals surface area contributed by atoms with Crippen molar-refractivity contribution >= 4 is 11.6 Å². The van der Waals surface area contributed by atoms with Crippen molar-refractivity contribution in [2.75, 3.05) is 12.4 Å². The molecule has 0 aliphatic rings. The van der Waals surface area contributed by atoms with Gasteiger partial charge >= 0.3 is 6.18 Å². The Hall–Kier alpha value is -2.71. The number of aromatic nitrogens is 2. The molecule has 9 heteroatoms. The molecular formula is C14H15F3N4O2. The van der Waals surface area contributed by atoms with Gasteiger partial charge in [0.2, 0.25) is 5.91 Å². The quantitative estimate of drug-likeness (QED) is 0.851. The van der Waals surface area contributed by atoms with E-state index < -0.39 is 18.6 Å². The summed E-state index contributed by atoms with van der Waals surface area (Å²) in [6.07, 6.45) is -1.79. The second kappa shape index (κ2) is 6.59. The van der Waals surface area contributed by atoms with Crippen LogP contribution >= 0.6 is 0 Å². The first-order chi connectivity index (χ1) is 10.8. The Morgan fingerprint density at radius 3 is 2.78 bits per heavy atom. The highest BCUT2D eigenvalue weighted by Gasteiger charge is 2.28. The number of nitrogens with one attached hydrogen (secondary N) is 1. The maximum atomic E-state index is 12.5. The summed E-state index contributed by atoms with van der Waals surface area (Å²) in [5, 5.41) is 2.90. The molecule has 0 spiro atoms. The second-order valence-corrected chi connectivity index (χ2v) is 4.72. The summed E-state index contributed by atoms with van der Waals surface area (Å²) in [5.41, 5.74) is 5.90. The van der Waals surface area contributed by atoms with Crippen molar-refractivity contribution in [3.63, 3.8) is 0 Å². The van der Waals surface area contributed by atoms with E-state index in [1.54, 1.807) is 6.07 Å². The minimum absolute atomic E-state index is 0.0294. The number of rotatable bonds is 6. The number of ether oxygens (including phenoxy) is 1. The lowest BCUT2D eigenvalue weighted by molar-refractivity contribution is -0.141. The van der Waals surface area contributed by atoms with Gasteiger partial charge in [-0.15, -0.1) is 0 Å². The Morgan fingerprint density at radius 1 is 1.43 bits per heavy atom. The van der Waals surface area contributed by atoms with Gasteiger partial charge < -0.3 is 20.4 Å². The van der Waals surface area contributed by atoms with Crippen LogP contribution in [0.25, 0.3) is 0 Å². The zero-order valence-electron chi connectivity index (χ0n) is 12.2. The number of benzene rings is 1. The van der Waals surface area contributed by atoms with Gasteiger partial charge in [0.05, 0.1) is 19.3 Å². The molecule has 1 aromatic heterocycles. The first-order valence-corrected chi connectivity index (χ1v) is 6.58. The summed E-state index contributed by atoms with van der Waals surface area (Å²) in [6.45, 7) is -1.09. The molecule has 6 nitrogen and oxygen atoms in total. The summed E-state index contributed by atoms with van der Waals surface area (Å²) < 4.78 is 43.6.